The maximum absolute atomic E-state index is 10.3. The molecule has 0 aromatic heterocycles. The van der Waals surface area contributed by atoms with Crippen LogP contribution in [-0.4, -0.2) is 35.7 Å². The molecule has 2 heterocycles. The van der Waals surface area contributed by atoms with Crippen molar-refractivity contribution in [2.24, 2.45) is 5.92 Å². The van der Waals surface area contributed by atoms with E-state index in [1.165, 1.54) is 6.42 Å². The van der Waals surface area contributed by atoms with E-state index in [9.17, 15) is 10.4 Å². The summed E-state index contributed by atoms with van der Waals surface area (Å²) in [6, 6.07) is 21.3. The Morgan fingerprint density at radius 2 is 1.97 bits per heavy atom. The Morgan fingerprint density at radius 3 is 2.65 bits per heavy atom. The lowest BCUT2D eigenvalue weighted by Crippen LogP contribution is -2.35. The summed E-state index contributed by atoms with van der Waals surface area (Å²) in [5, 5.41) is 20.4. The van der Waals surface area contributed by atoms with Gasteiger partial charge in [-0.25, -0.2) is 0 Å². The van der Waals surface area contributed by atoms with E-state index in [4.69, 9.17) is 21.1 Å². The Hall–Kier alpha value is -3.46. The van der Waals surface area contributed by atoms with Crippen molar-refractivity contribution < 1.29 is 14.6 Å². The monoisotopic (exact) mass is 514 g/mol. The zero-order chi connectivity index (χ0) is 26.1. The second-order valence-corrected chi connectivity index (χ2v) is 10.6. The molecule has 5 rings (SSSR count). The number of rotatable bonds is 6. The first kappa shape index (κ1) is 25.2. The zero-order valence-electron chi connectivity index (χ0n) is 21.4. The number of hydrogen-bond donors (Lipinski definition) is 1. The number of phenols is 1. The lowest BCUT2D eigenvalue weighted by molar-refractivity contribution is 0.169. The molecule has 3 aromatic rings. The molecule has 0 spiro atoms. The Morgan fingerprint density at radius 1 is 1.19 bits per heavy atom. The van der Waals surface area contributed by atoms with Gasteiger partial charge in [-0.3, -0.25) is 4.90 Å². The van der Waals surface area contributed by atoms with Crippen LogP contribution in [0.4, 0.5) is 0 Å². The molecule has 1 N–H and O–H groups in total. The van der Waals surface area contributed by atoms with Crippen LogP contribution in [0.2, 0.25) is 5.02 Å². The van der Waals surface area contributed by atoms with Crippen molar-refractivity contribution in [2.45, 2.75) is 39.3 Å². The Kier molecular flexibility index (Phi) is 7.15. The van der Waals surface area contributed by atoms with Crippen LogP contribution in [0.1, 0.15) is 55.5 Å². The summed E-state index contributed by atoms with van der Waals surface area (Å²) in [6.45, 7) is 9.44. The summed E-state index contributed by atoms with van der Waals surface area (Å²) >= 11 is 6.35. The highest BCUT2D eigenvalue weighted by Gasteiger charge is 2.30. The van der Waals surface area contributed by atoms with Gasteiger partial charge in [-0.05, 0) is 79.8 Å². The molecule has 0 amide bonds. The van der Waals surface area contributed by atoms with Gasteiger partial charge in [0.25, 0.3) is 0 Å². The molecular formula is C31H31ClN2O3. The number of fused-ring (bicyclic) bond motifs is 1. The van der Waals surface area contributed by atoms with Crippen LogP contribution in [-0.2, 0) is 0 Å². The number of ether oxygens (including phenoxy) is 2. The first-order valence-electron chi connectivity index (χ1n) is 12.7. The van der Waals surface area contributed by atoms with E-state index in [1.807, 2.05) is 61.5 Å². The van der Waals surface area contributed by atoms with Gasteiger partial charge >= 0.3 is 0 Å². The smallest absolute Gasteiger partial charge is 0.150 e. The Labute approximate surface area is 223 Å². The summed E-state index contributed by atoms with van der Waals surface area (Å²) in [5.74, 6) is 2.07. The third-order valence-corrected chi connectivity index (χ3v) is 7.66. The average molecular weight is 515 g/mol. The highest BCUT2D eigenvalue weighted by Crippen LogP contribution is 2.48. The Balaban J connectivity index is 1.44. The second-order valence-electron chi connectivity index (χ2n) is 10.1. The van der Waals surface area contributed by atoms with E-state index in [0.717, 1.165) is 52.6 Å². The third kappa shape index (κ3) is 5.18. The maximum Gasteiger partial charge on any atom is 0.150 e. The van der Waals surface area contributed by atoms with E-state index in [2.05, 4.69) is 18.7 Å². The predicted octanol–water partition coefficient (Wildman–Crippen LogP) is 7.09. The van der Waals surface area contributed by atoms with Gasteiger partial charge in [0.2, 0.25) is 0 Å². The van der Waals surface area contributed by atoms with Crippen LogP contribution in [0.15, 0.2) is 60.7 Å². The van der Waals surface area contributed by atoms with Gasteiger partial charge in [0, 0.05) is 34.8 Å². The number of allylic oxidation sites excluding steroid dienone is 1. The Bertz CT molecular complexity index is 1380. The molecule has 1 fully saturated rings. The maximum atomic E-state index is 10.3. The molecule has 3 aromatic carbocycles. The molecule has 190 valence electrons. The first-order valence-corrected chi connectivity index (χ1v) is 13.1. The molecule has 0 aliphatic carbocycles. The molecule has 0 bridgehead atoms. The minimum Gasteiger partial charge on any atom is -0.507 e. The molecule has 0 saturated carbocycles. The number of aromatic hydroxyl groups is 1. The summed E-state index contributed by atoms with van der Waals surface area (Å²) in [6.07, 6.45) is 0.835. The summed E-state index contributed by atoms with van der Waals surface area (Å²) in [7, 11) is 0. The number of nitriles is 1. The minimum absolute atomic E-state index is 0.0628. The number of benzene rings is 3. The highest BCUT2D eigenvalue weighted by atomic mass is 35.5. The fraction of sp³-hybridized carbons (Fsp3) is 0.323. The number of hydrogen-bond acceptors (Lipinski definition) is 5. The van der Waals surface area contributed by atoms with E-state index in [-0.39, 0.29) is 11.3 Å². The quantitative estimate of drug-likeness (QED) is 0.380. The van der Waals surface area contributed by atoms with Crippen molar-refractivity contribution in [1.82, 2.24) is 4.90 Å². The van der Waals surface area contributed by atoms with Gasteiger partial charge in [0.15, 0.2) is 0 Å². The molecule has 0 radical (unpaired) electrons. The standard InChI is InChI=1S/C31H31ClN2O3/c1-19-11-12-34(17-19)20(2)18-36-26-9-7-22(8-10-26)31-30(23-5-4-6-25(32)13-23)21(3)27-15-28(35)24(16-33)14-29(27)37-31/h4-10,13-15,19-20,31,35H,11-12,17-18H2,1-3H3. The van der Waals surface area contributed by atoms with Gasteiger partial charge in [-0.15, -0.1) is 0 Å². The zero-order valence-corrected chi connectivity index (χ0v) is 22.1. The number of halogens is 1. The highest BCUT2D eigenvalue weighted by molar-refractivity contribution is 6.30. The topological polar surface area (TPSA) is 65.7 Å². The van der Waals surface area contributed by atoms with Crippen LogP contribution in [0.3, 0.4) is 0 Å². The second kappa shape index (κ2) is 10.5. The molecule has 2 aliphatic rings. The van der Waals surface area contributed by atoms with E-state index >= 15 is 0 Å². The van der Waals surface area contributed by atoms with Gasteiger partial charge in [0.05, 0.1) is 5.56 Å². The fourth-order valence-corrected chi connectivity index (χ4v) is 5.46. The van der Waals surface area contributed by atoms with Crippen molar-refractivity contribution in [3.05, 3.63) is 87.9 Å². The lowest BCUT2D eigenvalue weighted by atomic mass is 9.85. The molecular weight excluding hydrogens is 484 g/mol. The normalized spacial score (nSPS) is 20.2. The third-order valence-electron chi connectivity index (χ3n) is 7.42. The number of nitrogens with zero attached hydrogens (tertiary/aromatic N) is 2. The van der Waals surface area contributed by atoms with Gasteiger partial charge < -0.3 is 14.6 Å². The van der Waals surface area contributed by atoms with Crippen LogP contribution in [0.5, 0.6) is 17.2 Å². The molecule has 1 saturated heterocycles. The molecule has 5 nitrogen and oxygen atoms in total. The van der Waals surface area contributed by atoms with Crippen molar-refractivity contribution in [3.8, 4) is 23.3 Å². The fourth-order valence-electron chi connectivity index (χ4n) is 5.27. The van der Waals surface area contributed by atoms with Crippen LogP contribution in [0.25, 0.3) is 11.1 Å². The van der Waals surface area contributed by atoms with Crippen molar-refractivity contribution in [3.63, 3.8) is 0 Å². The van der Waals surface area contributed by atoms with Crippen molar-refractivity contribution in [2.75, 3.05) is 19.7 Å². The van der Waals surface area contributed by atoms with E-state index in [0.29, 0.717) is 23.4 Å². The van der Waals surface area contributed by atoms with Crippen LogP contribution >= 0.6 is 11.6 Å². The summed E-state index contributed by atoms with van der Waals surface area (Å²) in [5.41, 5.74) is 4.76. The predicted molar refractivity (Wildman–Crippen MR) is 147 cm³/mol. The molecule has 2 aliphatic heterocycles. The van der Waals surface area contributed by atoms with E-state index < -0.39 is 6.10 Å². The first-order chi connectivity index (χ1) is 17.8. The minimum atomic E-state index is -0.416. The largest absolute Gasteiger partial charge is 0.507 e. The molecule has 6 heteroatoms. The molecule has 3 unspecified atom stereocenters. The summed E-state index contributed by atoms with van der Waals surface area (Å²) in [4.78, 5) is 2.49. The van der Waals surface area contributed by atoms with Crippen molar-refractivity contribution in [1.29, 1.82) is 5.26 Å². The number of likely N-dealkylation sites (tertiary alicyclic amines) is 1. The van der Waals surface area contributed by atoms with Gasteiger partial charge in [0.1, 0.15) is 36.0 Å². The van der Waals surface area contributed by atoms with Gasteiger partial charge in [-0.2, -0.15) is 5.26 Å². The lowest BCUT2D eigenvalue weighted by Gasteiger charge is -2.31. The van der Waals surface area contributed by atoms with Gasteiger partial charge in [-0.1, -0.05) is 42.8 Å². The van der Waals surface area contributed by atoms with Crippen LogP contribution in [0, 0.1) is 17.2 Å². The van der Waals surface area contributed by atoms with E-state index in [1.54, 1.807) is 12.1 Å². The number of phenolic OH excluding ortho intramolecular Hbond substituents is 1. The van der Waals surface area contributed by atoms with Crippen molar-refractivity contribution >= 4 is 22.7 Å². The molecule has 37 heavy (non-hydrogen) atoms. The summed E-state index contributed by atoms with van der Waals surface area (Å²) < 4.78 is 12.6. The molecule has 3 atom stereocenters. The SMILES string of the molecule is CC1=C(c2cccc(Cl)c2)C(c2ccc(OCC(C)N3CCC(C)C3)cc2)Oc2cc(C#N)c(O)cc21. The average Bonchev–Trinajstić information content (AvgIpc) is 3.34. The van der Waals surface area contributed by atoms with Crippen LogP contribution < -0.4 is 9.47 Å².